The molecule has 0 radical (unpaired) electrons. The molecule has 0 fully saturated rings. The monoisotopic (exact) mass is 324 g/mol. The van der Waals surface area contributed by atoms with E-state index in [9.17, 15) is 4.79 Å². The van der Waals surface area contributed by atoms with E-state index in [1.165, 1.54) is 7.11 Å². The Hall–Kier alpha value is -2.36. The molecule has 3 rings (SSSR count). The minimum Gasteiger partial charge on any atom is -0.465 e. The Labute approximate surface area is 143 Å². The molecule has 1 aliphatic rings. The standard InChI is InChI=1S/C20H24N2O2/c1-12(2)18-17(20(23)24-4)16(14-8-6-5-7-9-14)15-10-13(3)11-21-19(15)22-18/h5-9,12-13H,10-11H2,1-4H3,(H,21,22). The van der Waals surface area contributed by atoms with Crippen molar-refractivity contribution < 1.29 is 9.53 Å². The number of carbonyl (C=O) groups excluding carboxylic acids is 1. The van der Waals surface area contributed by atoms with E-state index in [1.54, 1.807) is 0 Å². The molecule has 0 amide bonds. The minimum atomic E-state index is -0.314. The van der Waals surface area contributed by atoms with Crippen molar-refractivity contribution in [3.63, 3.8) is 0 Å². The molecule has 1 aromatic heterocycles. The van der Waals surface area contributed by atoms with E-state index in [0.29, 0.717) is 11.5 Å². The third-order valence-electron chi connectivity index (χ3n) is 4.50. The molecule has 0 saturated carbocycles. The first-order valence-electron chi connectivity index (χ1n) is 8.47. The highest BCUT2D eigenvalue weighted by molar-refractivity contribution is 6.00. The van der Waals surface area contributed by atoms with Gasteiger partial charge in [-0.15, -0.1) is 0 Å². The Morgan fingerprint density at radius 3 is 2.62 bits per heavy atom. The lowest BCUT2D eigenvalue weighted by Crippen LogP contribution is -2.25. The van der Waals surface area contributed by atoms with Crippen LogP contribution in [0.2, 0.25) is 0 Å². The van der Waals surface area contributed by atoms with Gasteiger partial charge in [-0.25, -0.2) is 9.78 Å². The first kappa shape index (κ1) is 16.5. The van der Waals surface area contributed by atoms with Crippen molar-refractivity contribution in [2.45, 2.75) is 33.1 Å². The van der Waals surface area contributed by atoms with Gasteiger partial charge in [0.05, 0.1) is 18.4 Å². The van der Waals surface area contributed by atoms with Crippen LogP contribution >= 0.6 is 0 Å². The minimum absolute atomic E-state index is 0.132. The lowest BCUT2D eigenvalue weighted by Gasteiger charge is -2.28. The molecular weight excluding hydrogens is 300 g/mol. The number of methoxy groups -OCH3 is 1. The van der Waals surface area contributed by atoms with Crippen molar-refractivity contribution in [2.24, 2.45) is 5.92 Å². The van der Waals surface area contributed by atoms with Crippen molar-refractivity contribution in [3.8, 4) is 11.1 Å². The number of nitrogens with zero attached hydrogens (tertiary/aromatic N) is 1. The van der Waals surface area contributed by atoms with E-state index in [1.807, 2.05) is 30.3 Å². The number of anilines is 1. The Balaban J connectivity index is 2.36. The van der Waals surface area contributed by atoms with Crippen molar-refractivity contribution in [1.82, 2.24) is 4.98 Å². The van der Waals surface area contributed by atoms with Gasteiger partial charge in [0.2, 0.25) is 0 Å². The SMILES string of the molecule is COC(=O)c1c(C(C)C)nc2c(c1-c1ccccc1)CC(C)CN2. The van der Waals surface area contributed by atoms with E-state index in [0.717, 1.165) is 41.2 Å². The van der Waals surface area contributed by atoms with Gasteiger partial charge >= 0.3 is 5.97 Å². The van der Waals surface area contributed by atoms with Crippen LogP contribution in [0.25, 0.3) is 11.1 Å². The van der Waals surface area contributed by atoms with Crippen LogP contribution in [-0.2, 0) is 11.2 Å². The molecule has 0 spiro atoms. The van der Waals surface area contributed by atoms with Crippen LogP contribution in [0.3, 0.4) is 0 Å². The molecule has 4 nitrogen and oxygen atoms in total. The summed E-state index contributed by atoms with van der Waals surface area (Å²) >= 11 is 0. The molecule has 1 unspecified atom stereocenters. The number of nitrogens with one attached hydrogen (secondary N) is 1. The normalized spacial score (nSPS) is 16.5. The summed E-state index contributed by atoms with van der Waals surface area (Å²) in [5, 5.41) is 3.44. The predicted octanol–water partition coefficient (Wildman–Crippen LogP) is 4.26. The predicted molar refractivity (Wildman–Crippen MR) is 96.5 cm³/mol. The van der Waals surface area contributed by atoms with E-state index in [2.05, 4.69) is 26.1 Å². The van der Waals surface area contributed by atoms with Gasteiger partial charge in [-0.1, -0.05) is 51.1 Å². The second-order valence-corrected chi connectivity index (χ2v) is 6.78. The van der Waals surface area contributed by atoms with Crippen molar-refractivity contribution >= 4 is 11.8 Å². The molecule has 0 aliphatic carbocycles. The zero-order valence-electron chi connectivity index (χ0n) is 14.7. The van der Waals surface area contributed by atoms with Gasteiger partial charge in [0.25, 0.3) is 0 Å². The number of benzene rings is 1. The first-order valence-corrected chi connectivity index (χ1v) is 8.47. The Bertz CT molecular complexity index is 754. The molecule has 4 heteroatoms. The Morgan fingerprint density at radius 2 is 2.00 bits per heavy atom. The smallest absolute Gasteiger partial charge is 0.340 e. The van der Waals surface area contributed by atoms with Crippen molar-refractivity contribution in [3.05, 3.63) is 47.2 Å². The molecule has 0 saturated heterocycles. The second kappa shape index (κ2) is 6.63. The number of carbonyl (C=O) groups is 1. The van der Waals surface area contributed by atoms with Crippen molar-refractivity contribution in [1.29, 1.82) is 0 Å². The summed E-state index contributed by atoms with van der Waals surface area (Å²) in [6.45, 7) is 7.23. The van der Waals surface area contributed by atoms with Gasteiger partial charge in [0.1, 0.15) is 5.82 Å². The largest absolute Gasteiger partial charge is 0.465 e. The number of rotatable bonds is 3. The van der Waals surface area contributed by atoms with Crippen LogP contribution in [0.1, 0.15) is 48.3 Å². The highest BCUT2D eigenvalue weighted by Crippen LogP contribution is 2.39. The molecule has 24 heavy (non-hydrogen) atoms. The van der Waals surface area contributed by atoms with Gasteiger partial charge in [-0.3, -0.25) is 0 Å². The van der Waals surface area contributed by atoms with Crippen LogP contribution in [0.15, 0.2) is 30.3 Å². The maximum Gasteiger partial charge on any atom is 0.340 e. The highest BCUT2D eigenvalue weighted by atomic mass is 16.5. The fourth-order valence-corrected chi connectivity index (χ4v) is 3.33. The molecule has 1 N–H and O–H groups in total. The first-order chi connectivity index (χ1) is 11.5. The molecule has 1 aromatic carbocycles. The summed E-state index contributed by atoms with van der Waals surface area (Å²) in [5.74, 6) is 1.22. The quantitative estimate of drug-likeness (QED) is 0.857. The van der Waals surface area contributed by atoms with Gasteiger partial charge < -0.3 is 10.1 Å². The molecular formula is C20H24N2O2. The molecule has 2 aromatic rings. The van der Waals surface area contributed by atoms with E-state index >= 15 is 0 Å². The van der Waals surface area contributed by atoms with Gasteiger partial charge in [-0.2, -0.15) is 0 Å². The van der Waals surface area contributed by atoms with Gasteiger partial charge in [0.15, 0.2) is 0 Å². The number of pyridine rings is 1. The summed E-state index contributed by atoms with van der Waals surface area (Å²) < 4.78 is 5.11. The Kier molecular flexibility index (Phi) is 4.56. The van der Waals surface area contributed by atoms with Crippen LogP contribution in [0.4, 0.5) is 5.82 Å². The lowest BCUT2D eigenvalue weighted by molar-refractivity contribution is 0.0599. The average molecular weight is 324 g/mol. The van der Waals surface area contributed by atoms with E-state index in [-0.39, 0.29) is 11.9 Å². The molecule has 2 heterocycles. The fraction of sp³-hybridized carbons (Fsp3) is 0.400. The molecule has 1 atom stereocenters. The van der Waals surface area contributed by atoms with Crippen LogP contribution in [0, 0.1) is 5.92 Å². The van der Waals surface area contributed by atoms with Crippen LogP contribution < -0.4 is 5.32 Å². The molecule has 126 valence electrons. The lowest BCUT2D eigenvalue weighted by atomic mass is 9.85. The van der Waals surface area contributed by atoms with Gasteiger partial charge in [0, 0.05) is 17.7 Å². The molecule has 0 bridgehead atoms. The number of fused-ring (bicyclic) bond motifs is 1. The third kappa shape index (κ3) is 2.88. The third-order valence-corrected chi connectivity index (χ3v) is 4.50. The summed E-state index contributed by atoms with van der Waals surface area (Å²) in [5.41, 5.74) is 4.52. The highest BCUT2D eigenvalue weighted by Gasteiger charge is 2.29. The summed E-state index contributed by atoms with van der Waals surface area (Å²) in [6, 6.07) is 10.1. The fourth-order valence-electron chi connectivity index (χ4n) is 3.33. The summed E-state index contributed by atoms with van der Waals surface area (Å²) in [7, 11) is 1.43. The number of hydrogen-bond acceptors (Lipinski definition) is 4. The zero-order valence-corrected chi connectivity index (χ0v) is 14.7. The number of hydrogen-bond donors (Lipinski definition) is 1. The number of aromatic nitrogens is 1. The summed E-state index contributed by atoms with van der Waals surface area (Å²) in [4.78, 5) is 17.4. The number of ether oxygens (including phenoxy) is 1. The average Bonchev–Trinajstić information content (AvgIpc) is 2.60. The summed E-state index contributed by atoms with van der Waals surface area (Å²) in [6.07, 6.45) is 0.905. The van der Waals surface area contributed by atoms with Gasteiger partial charge in [-0.05, 0) is 23.8 Å². The topological polar surface area (TPSA) is 51.2 Å². The zero-order chi connectivity index (χ0) is 17.3. The van der Waals surface area contributed by atoms with Crippen LogP contribution in [0.5, 0.6) is 0 Å². The van der Waals surface area contributed by atoms with E-state index < -0.39 is 0 Å². The maximum atomic E-state index is 12.6. The molecule has 1 aliphatic heterocycles. The second-order valence-electron chi connectivity index (χ2n) is 6.78. The van der Waals surface area contributed by atoms with E-state index in [4.69, 9.17) is 9.72 Å². The number of esters is 1. The maximum absolute atomic E-state index is 12.6. The van der Waals surface area contributed by atoms with Crippen molar-refractivity contribution in [2.75, 3.05) is 19.0 Å². The Morgan fingerprint density at radius 1 is 1.29 bits per heavy atom. The van der Waals surface area contributed by atoms with Crippen LogP contribution in [-0.4, -0.2) is 24.6 Å².